The molecule has 0 N–H and O–H groups in total. The van der Waals surface area contributed by atoms with E-state index in [4.69, 9.17) is 10.00 Å². The Bertz CT molecular complexity index is 604. The topological polar surface area (TPSA) is 49.1 Å². The first-order valence-electron chi connectivity index (χ1n) is 5.93. The minimum atomic E-state index is 0.618. The van der Waals surface area contributed by atoms with Crippen molar-refractivity contribution in [1.82, 2.24) is 4.98 Å². The second-order valence-corrected chi connectivity index (χ2v) is 4.17. The third-order valence-electron chi connectivity index (χ3n) is 2.93. The molecule has 0 aliphatic carbocycles. The third kappa shape index (κ3) is 2.83. The number of methoxy groups -OCH3 is 1. The van der Waals surface area contributed by atoms with Gasteiger partial charge in [0, 0.05) is 25.4 Å². The minimum Gasteiger partial charge on any atom is -0.496 e. The third-order valence-corrected chi connectivity index (χ3v) is 2.93. The lowest BCUT2D eigenvalue weighted by Gasteiger charge is -2.21. The predicted octanol–water partition coefficient (Wildman–Crippen LogP) is 2.60. The van der Waals surface area contributed by atoms with Crippen molar-refractivity contribution in [2.75, 3.05) is 19.1 Å². The summed E-state index contributed by atoms with van der Waals surface area (Å²) in [6.07, 6.45) is 3.33. The lowest BCUT2D eigenvalue weighted by atomic mass is 10.1. The second kappa shape index (κ2) is 5.87. The molecule has 0 radical (unpaired) electrons. The summed E-state index contributed by atoms with van der Waals surface area (Å²) in [5.41, 5.74) is 2.50. The molecule has 0 bridgehead atoms. The molecule has 96 valence electrons. The van der Waals surface area contributed by atoms with Gasteiger partial charge in [-0.3, -0.25) is 4.98 Å². The van der Waals surface area contributed by atoms with Crippen LogP contribution in [0, 0.1) is 11.3 Å². The van der Waals surface area contributed by atoms with Crippen molar-refractivity contribution < 1.29 is 4.74 Å². The molecule has 1 aromatic heterocycles. The number of pyridine rings is 1. The average Bonchev–Trinajstić information content (AvgIpc) is 2.47. The fourth-order valence-electron chi connectivity index (χ4n) is 1.96. The van der Waals surface area contributed by atoms with Gasteiger partial charge in [-0.05, 0) is 12.1 Å². The molecule has 0 atom stereocenters. The summed E-state index contributed by atoms with van der Waals surface area (Å²) in [7, 11) is 3.59. The van der Waals surface area contributed by atoms with E-state index in [1.165, 1.54) is 0 Å². The molecule has 0 amide bonds. The molecule has 0 spiro atoms. The number of nitrogens with zero attached hydrogens (tertiary/aromatic N) is 3. The summed E-state index contributed by atoms with van der Waals surface area (Å²) in [5, 5.41) is 9.11. The van der Waals surface area contributed by atoms with Crippen molar-refractivity contribution in [3.8, 4) is 11.8 Å². The van der Waals surface area contributed by atoms with Crippen LogP contribution in [0.2, 0.25) is 0 Å². The molecule has 0 fully saturated rings. The maximum atomic E-state index is 9.11. The van der Waals surface area contributed by atoms with Crippen LogP contribution in [0.5, 0.6) is 5.75 Å². The van der Waals surface area contributed by atoms with Gasteiger partial charge in [0.2, 0.25) is 0 Å². The summed E-state index contributed by atoms with van der Waals surface area (Å²) in [5.74, 6) is 0.844. The van der Waals surface area contributed by atoms with Gasteiger partial charge in [-0.15, -0.1) is 0 Å². The van der Waals surface area contributed by atoms with E-state index in [0.29, 0.717) is 12.1 Å². The summed E-state index contributed by atoms with van der Waals surface area (Å²) in [6.45, 7) is 0.657. The molecule has 2 aromatic rings. The predicted molar refractivity (Wildman–Crippen MR) is 74.1 cm³/mol. The highest BCUT2D eigenvalue weighted by Gasteiger charge is 2.10. The Balaban J connectivity index is 2.26. The lowest BCUT2D eigenvalue weighted by molar-refractivity contribution is 0.409. The van der Waals surface area contributed by atoms with Crippen LogP contribution < -0.4 is 9.64 Å². The first kappa shape index (κ1) is 12.9. The van der Waals surface area contributed by atoms with Gasteiger partial charge in [-0.1, -0.05) is 18.2 Å². The molecule has 4 heteroatoms. The van der Waals surface area contributed by atoms with Crippen molar-refractivity contribution in [2.24, 2.45) is 0 Å². The zero-order chi connectivity index (χ0) is 13.7. The molecule has 0 saturated carbocycles. The minimum absolute atomic E-state index is 0.618. The fraction of sp³-hybridized carbons (Fsp3) is 0.200. The van der Waals surface area contributed by atoms with Gasteiger partial charge in [-0.2, -0.15) is 5.26 Å². The van der Waals surface area contributed by atoms with Gasteiger partial charge in [-0.25, -0.2) is 0 Å². The van der Waals surface area contributed by atoms with Crippen molar-refractivity contribution >= 4 is 5.69 Å². The van der Waals surface area contributed by atoms with Gasteiger partial charge < -0.3 is 9.64 Å². The molecule has 4 nitrogen and oxygen atoms in total. The van der Waals surface area contributed by atoms with Crippen molar-refractivity contribution in [3.05, 3.63) is 53.9 Å². The lowest BCUT2D eigenvalue weighted by Crippen LogP contribution is -2.18. The number of para-hydroxylation sites is 1. The molecule has 19 heavy (non-hydrogen) atoms. The highest BCUT2D eigenvalue weighted by Crippen LogP contribution is 2.23. The normalized spacial score (nSPS) is 9.74. The van der Waals surface area contributed by atoms with Crippen LogP contribution in [0.4, 0.5) is 5.69 Å². The summed E-state index contributed by atoms with van der Waals surface area (Å²) in [6, 6.07) is 11.7. The highest BCUT2D eigenvalue weighted by molar-refractivity contribution is 5.57. The van der Waals surface area contributed by atoms with E-state index >= 15 is 0 Å². The molecule has 0 saturated heterocycles. The first-order valence-corrected chi connectivity index (χ1v) is 5.93. The van der Waals surface area contributed by atoms with E-state index in [9.17, 15) is 0 Å². The number of hydrogen-bond acceptors (Lipinski definition) is 4. The van der Waals surface area contributed by atoms with Gasteiger partial charge >= 0.3 is 0 Å². The average molecular weight is 253 g/mol. The summed E-state index contributed by atoms with van der Waals surface area (Å²) < 4.78 is 5.33. The molecule has 0 aliphatic rings. The van der Waals surface area contributed by atoms with E-state index in [1.54, 1.807) is 25.6 Å². The number of hydrogen-bond donors (Lipinski definition) is 0. The van der Waals surface area contributed by atoms with E-state index in [1.807, 2.05) is 36.2 Å². The molecular formula is C15H15N3O. The van der Waals surface area contributed by atoms with Crippen LogP contribution in [-0.2, 0) is 6.54 Å². The standard InChI is InChI=1S/C15H15N3O/c1-18(14-10-17-8-7-12(14)9-16)11-13-5-3-4-6-15(13)19-2/h3-8,10H,11H2,1-2H3. The molecule has 0 unspecified atom stereocenters. The van der Waals surface area contributed by atoms with Crippen molar-refractivity contribution in [2.45, 2.75) is 6.54 Å². The van der Waals surface area contributed by atoms with E-state index in [2.05, 4.69) is 11.1 Å². The number of aromatic nitrogens is 1. The number of benzene rings is 1. The summed E-state index contributed by atoms with van der Waals surface area (Å²) >= 11 is 0. The van der Waals surface area contributed by atoms with E-state index < -0.39 is 0 Å². The van der Waals surface area contributed by atoms with Gasteiger partial charge in [0.1, 0.15) is 11.8 Å². The number of ether oxygens (including phenoxy) is 1. The Kier molecular flexibility index (Phi) is 3.99. The Morgan fingerprint density at radius 3 is 2.84 bits per heavy atom. The van der Waals surface area contributed by atoms with Crippen LogP contribution in [0.25, 0.3) is 0 Å². The van der Waals surface area contributed by atoms with Crippen molar-refractivity contribution in [1.29, 1.82) is 5.26 Å². The van der Waals surface area contributed by atoms with Crippen LogP contribution in [0.15, 0.2) is 42.7 Å². The molecular weight excluding hydrogens is 238 g/mol. The largest absolute Gasteiger partial charge is 0.496 e. The van der Waals surface area contributed by atoms with Gasteiger partial charge in [0.25, 0.3) is 0 Å². The Labute approximate surface area is 112 Å². The molecule has 2 rings (SSSR count). The van der Waals surface area contributed by atoms with Gasteiger partial charge in [0.15, 0.2) is 0 Å². The zero-order valence-corrected chi connectivity index (χ0v) is 11.0. The number of anilines is 1. The van der Waals surface area contributed by atoms with Gasteiger partial charge in [0.05, 0.1) is 24.6 Å². The quantitative estimate of drug-likeness (QED) is 0.840. The maximum absolute atomic E-state index is 9.11. The molecule has 1 heterocycles. The fourth-order valence-corrected chi connectivity index (χ4v) is 1.96. The Hall–Kier alpha value is -2.54. The maximum Gasteiger partial charge on any atom is 0.123 e. The number of rotatable bonds is 4. The van der Waals surface area contributed by atoms with Crippen LogP contribution in [0.1, 0.15) is 11.1 Å². The molecule has 1 aromatic carbocycles. The van der Waals surface area contributed by atoms with E-state index in [0.717, 1.165) is 17.0 Å². The summed E-state index contributed by atoms with van der Waals surface area (Å²) in [4.78, 5) is 6.06. The van der Waals surface area contributed by atoms with Crippen LogP contribution in [-0.4, -0.2) is 19.1 Å². The highest BCUT2D eigenvalue weighted by atomic mass is 16.5. The van der Waals surface area contributed by atoms with Crippen LogP contribution in [0.3, 0.4) is 0 Å². The SMILES string of the molecule is COc1ccccc1CN(C)c1cnccc1C#N. The van der Waals surface area contributed by atoms with Crippen LogP contribution >= 0.6 is 0 Å². The van der Waals surface area contributed by atoms with Crippen molar-refractivity contribution in [3.63, 3.8) is 0 Å². The number of nitriles is 1. The Morgan fingerprint density at radius 2 is 2.11 bits per heavy atom. The second-order valence-electron chi connectivity index (χ2n) is 4.17. The molecule has 0 aliphatic heterocycles. The zero-order valence-electron chi connectivity index (χ0n) is 11.0. The Morgan fingerprint density at radius 1 is 1.32 bits per heavy atom. The smallest absolute Gasteiger partial charge is 0.123 e. The monoisotopic (exact) mass is 253 g/mol. The van der Waals surface area contributed by atoms with E-state index in [-0.39, 0.29) is 0 Å². The first-order chi connectivity index (χ1) is 9.26.